The largest absolute Gasteiger partial charge is 0.483 e. The minimum absolute atomic E-state index is 0.0393. The van der Waals surface area contributed by atoms with Crippen LogP contribution in [0.1, 0.15) is 23.6 Å². The van der Waals surface area contributed by atoms with Gasteiger partial charge in [-0.25, -0.2) is 0 Å². The number of nitrogens with one attached hydrogen (secondary N) is 1. The zero-order valence-electron chi connectivity index (χ0n) is 14.8. The van der Waals surface area contributed by atoms with Crippen LogP contribution in [0.15, 0.2) is 36.4 Å². The number of hydrogen-bond donors (Lipinski definition) is 1. The molecule has 2 amide bonds. The van der Waals surface area contributed by atoms with Crippen LogP contribution in [0.5, 0.6) is 5.75 Å². The molecule has 5 nitrogen and oxygen atoms in total. The second kappa shape index (κ2) is 6.97. The van der Waals surface area contributed by atoms with Crippen molar-refractivity contribution < 1.29 is 14.3 Å². The topological polar surface area (TPSA) is 58.6 Å². The molecule has 130 valence electrons. The minimum atomic E-state index is -0.206. The van der Waals surface area contributed by atoms with Gasteiger partial charge in [0, 0.05) is 24.8 Å². The molecular formula is C20H22N2O3. The molecule has 0 bridgehead atoms. The standard InChI is InChI=1S/C20H22N2O3/c1-13-5-4-6-19(14(13)2)25-12-20(24)21-17-7-8-18-16(11-17)9-10-22(18)15(3)23/h4-8,11H,9-10,12H2,1-3H3,(H,21,24). The quantitative estimate of drug-likeness (QED) is 0.931. The van der Waals surface area contributed by atoms with Gasteiger partial charge in [0.05, 0.1) is 0 Å². The highest BCUT2D eigenvalue weighted by Crippen LogP contribution is 2.30. The lowest BCUT2D eigenvalue weighted by Crippen LogP contribution is -2.25. The van der Waals surface area contributed by atoms with Crippen molar-refractivity contribution in [3.05, 3.63) is 53.1 Å². The molecule has 0 spiro atoms. The maximum absolute atomic E-state index is 12.2. The lowest BCUT2D eigenvalue weighted by atomic mass is 10.1. The molecule has 0 fully saturated rings. The highest BCUT2D eigenvalue weighted by atomic mass is 16.5. The van der Waals surface area contributed by atoms with E-state index < -0.39 is 0 Å². The highest BCUT2D eigenvalue weighted by Gasteiger charge is 2.22. The van der Waals surface area contributed by atoms with Crippen molar-refractivity contribution in [2.45, 2.75) is 27.2 Å². The van der Waals surface area contributed by atoms with Gasteiger partial charge in [-0.05, 0) is 61.2 Å². The second-order valence-electron chi connectivity index (χ2n) is 6.30. The molecule has 0 aliphatic carbocycles. The number of fused-ring (bicyclic) bond motifs is 1. The predicted octanol–water partition coefficient (Wildman–Crippen LogP) is 3.23. The summed E-state index contributed by atoms with van der Waals surface area (Å²) in [6.07, 6.45) is 0.803. The molecule has 25 heavy (non-hydrogen) atoms. The summed E-state index contributed by atoms with van der Waals surface area (Å²) in [4.78, 5) is 25.5. The van der Waals surface area contributed by atoms with E-state index in [-0.39, 0.29) is 18.4 Å². The second-order valence-corrected chi connectivity index (χ2v) is 6.30. The highest BCUT2D eigenvalue weighted by molar-refractivity contribution is 5.95. The number of rotatable bonds is 4. The van der Waals surface area contributed by atoms with Crippen LogP contribution in [0.3, 0.4) is 0 Å². The van der Waals surface area contributed by atoms with Gasteiger partial charge >= 0.3 is 0 Å². The smallest absolute Gasteiger partial charge is 0.262 e. The average molecular weight is 338 g/mol. The van der Waals surface area contributed by atoms with E-state index >= 15 is 0 Å². The fourth-order valence-electron chi connectivity index (χ4n) is 3.03. The summed E-state index contributed by atoms with van der Waals surface area (Å²) in [5, 5.41) is 2.85. The van der Waals surface area contributed by atoms with Gasteiger partial charge in [-0.2, -0.15) is 0 Å². The monoisotopic (exact) mass is 338 g/mol. The summed E-state index contributed by atoms with van der Waals surface area (Å²) >= 11 is 0. The number of carbonyl (C=O) groups excluding carboxylic acids is 2. The molecule has 0 saturated carbocycles. The Morgan fingerprint density at radius 2 is 2.00 bits per heavy atom. The van der Waals surface area contributed by atoms with Gasteiger partial charge < -0.3 is 15.0 Å². The summed E-state index contributed by atoms with van der Waals surface area (Å²) in [5.74, 6) is 0.556. The molecule has 0 saturated heterocycles. The Labute approximate surface area is 147 Å². The zero-order chi connectivity index (χ0) is 18.0. The van der Waals surface area contributed by atoms with Crippen LogP contribution < -0.4 is 15.0 Å². The number of ether oxygens (including phenoxy) is 1. The Morgan fingerprint density at radius 3 is 2.76 bits per heavy atom. The number of anilines is 2. The van der Waals surface area contributed by atoms with E-state index in [1.165, 1.54) is 0 Å². The van der Waals surface area contributed by atoms with Crippen molar-refractivity contribution in [2.24, 2.45) is 0 Å². The molecule has 5 heteroatoms. The normalized spacial score (nSPS) is 12.7. The van der Waals surface area contributed by atoms with E-state index in [1.54, 1.807) is 11.8 Å². The van der Waals surface area contributed by atoms with Gasteiger partial charge in [0.1, 0.15) is 5.75 Å². The molecule has 0 radical (unpaired) electrons. The van der Waals surface area contributed by atoms with Crippen LogP contribution in [0.4, 0.5) is 11.4 Å². The molecule has 1 aliphatic heterocycles. The first-order valence-corrected chi connectivity index (χ1v) is 8.35. The van der Waals surface area contributed by atoms with Gasteiger partial charge in [0.25, 0.3) is 5.91 Å². The fourth-order valence-corrected chi connectivity index (χ4v) is 3.03. The first kappa shape index (κ1) is 17.0. The summed E-state index contributed by atoms with van der Waals surface area (Å²) < 4.78 is 5.63. The Balaban J connectivity index is 1.62. The van der Waals surface area contributed by atoms with Crippen LogP contribution in [0.25, 0.3) is 0 Å². The average Bonchev–Trinajstić information content (AvgIpc) is 2.99. The minimum Gasteiger partial charge on any atom is -0.483 e. The molecule has 2 aromatic rings. The molecule has 1 heterocycles. The third-order valence-electron chi connectivity index (χ3n) is 4.55. The van der Waals surface area contributed by atoms with Gasteiger partial charge in [0.2, 0.25) is 5.91 Å². The molecule has 2 aromatic carbocycles. The Hall–Kier alpha value is -2.82. The number of nitrogens with zero attached hydrogens (tertiary/aromatic N) is 1. The van der Waals surface area contributed by atoms with Gasteiger partial charge in [0.15, 0.2) is 6.61 Å². The van der Waals surface area contributed by atoms with Crippen LogP contribution in [0, 0.1) is 13.8 Å². The van der Waals surface area contributed by atoms with E-state index in [9.17, 15) is 9.59 Å². The van der Waals surface area contributed by atoms with Gasteiger partial charge in [-0.3, -0.25) is 9.59 Å². The van der Waals surface area contributed by atoms with E-state index in [4.69, 9.17) is 4.74 Å². The van der Waals surface area contributed by atoms with E-state index in [0.29, 0.717) is 6.54 Å². The maximum Gasteiger partial charge on any atom is 0.262 e. The Bertz CT molecular complexity index is 830. The van der Waals surface area contributed by atoms with Crippen molar-refractivity contribution in [1.82, 2.24) is 0 Å². The summed E-state index contributed by atoms with van der Waals surface area (Å²) in [7, 11) is 0. The lowest BCUT2D eigenvalue weighted by Gasteiger charge is -2.15. The SMILES string of the molecule is CC(=O)N1CCc2cc(NC(=O)COc3cccc(C)c3C)ccc21. The van der Waals surface area contributed by atoms with E-state index in [2.05, 4.69) is 5.32 Å². The van der Waals surface area contributed by atoms with Crippen LogP contribution >= 0.6 is 0 Å². The van der Waals surface area contributed by atoms with Crippen LogP contribution in [-0.4, -0.2) is 25.0 Å². The van der Waals surface area contributed by atoms with Crippen molar-refractivity contribution in [3.63, 3.8) is 0 Å². The Morgan fingerprint density at radius 1 is 1.20 bits per heavy atom. The van der Waals surface area contributed by atoms with Gasteiger partial charge in [-0.1, -0.05) is 12.1 Å². The van der Waals surface area contributed by atoms with Crippen molar-refractivity contribution >= 4 is 23.2 Å². The molecule has 0 atom stereocenters. The molecule has 0 unspecified atom stereocenters. The van der Waals surface area contributed by atoms with E-state index in [0.717, 1.165) is 40.2 Å². The lowest BCUT2D eigenvalue weighted by molar-refractivity contribution is -0.118. The summed E-state index contributed by atoms with van der Waals surface area (Å²) in [5.41, 5.74) is 4.89. The molecule has 3 rings (SSSR count). The molecule has 1 aliphatic rings. The third-order valence-corrected chi connectivity index (χ3v) is 4.55. The first-order chi connectivity index (χ1) is 12.0. The molecule has 1 N–H and O–H groups in total. The molecular weight excluding hydrogens is 316 g/mol. The molecule has 0 aromatic heterocycles. The number of aryl methyl sites for hydroxylation is 1. The van der Waals surface area contributed by atoms with Crippen molar-refractivity contribution in [1.29, 1.82) is 0 Å². The summed E-state index contributed by atoms with van der Waals surface area (Å²) in [6, 6.07) is 11.4. The van der Waals surface area contributed by atoms with Crippen LogP contribution in [-0.2, 0) is 16.0 Å². The van der Waals surface area contributed by atoms with Crippen molar-refractivity contribution in [2.75, 3.05) is 23.4 Å². The third kappa shape index (κ3) is 3.65. The first-order valence-electron chi connectivity index (χ1n) is 8.35. The fraction of sp³-hybridized carbons (Fsp3) is 0.300. The summed E-state index contributed by atoms with van der Waals surface area (Å²) in [6.45, 7) is 6.20. The number of benzene rings is 2. The van der Waals surface area contributed by atoms with Gasteiger partial charge in [-0.15, -0.1) is 0 Å². The van der Waals surface area contributed by atoms with Crippen LogP contribution in [0.2, 0.25) is 0 Å². The predicted molar refractivity (Wildman–Crippen MR) is 98.2 cm³/mol. The van der Waals surface area contributed by atoms with E-state index in [1.807, 2.05) is 50.2 Å². The zero-order valence-corrected chi connectivity index (χ0v) is 14.8. The maximum atomic E-state index is 12.2. The number of carbonyl (C=O) groups is 2. The van der Waals surface area contributed by atoms with Crippen molar-refractivity contribution in [3.8, 4) is 5.75 Å². The number of hydrogen-bond acceptors (Lipinski definition) is 3. The number of amides is 2. The Kier molecular flexibility index (Phi) is 4.74.